The first-order valence-electron chi connectivity index (χ1n) is 11.1. The number of aromatic hydroxyl groups is 1. The maximum absolute atomic E-state index is 12.2. The Balaban J connectivity index is 1.17. The molecule has 2 saturated heterocycles. The molecule has 0 radical (unpaired) electrons. The van der Waals surface area contributed by atoms with E-state index in [4.69, 9.17) is 23.7 Å². The van der Waals surface area contributed by atoms with Gasteiger partial charge in [0.2, 0.25) is 0 Å². The van der Waals surface area contributed by atoms with Crippen molar-refractivity contribution < 1.29 is 33.6 Å². The lowest BCUT2D eigenvalue weighted by Gasteiger charge is -2.41. The van der Waals surface area contributed by atoms with Crippen molar-refractivity contribution in [1.82, 2.24) is 0 Å². The summed E-state index contributed by atoms with van der Waals surface area (Å²) in [4.78, 5) is 12.2. The van der Waals surface area contributed by atoms with Crippen LogP contribution in [0.25, 0.3) is 0 Å². The quantitative estimate of drug-likeness (QED) is 0.535. The largest absolute Gasteiger partial charge is 0.504 e. The van der Waals surface area contributed by atoms with Crippen molar-refractivity contribution in [3.05, 3.63) is 59.7 Å². The van der Waals surface area contributed by atoms with Gasteiger partial charge < -0.3 is 28.8 Å². The molecule has 2 aromatic rings. The molecule has 0 amide bonds. The number of carbonyl (C=O) groups is 1. The summed E-state index contributed by atoms with van der Waals surface area (Å²) in [5, 5.41) is 9.66. The van der Waals surface area contributed by atoms with Crippen LogP contribution in [0.2, 0.25) is 0 Å². The van der Waals surface area contributed by atoms with Gasteiger partial charge >= 0.3 is 5.97 Å². The van der Waals surface area contributed by atoms with Crippen molar-refractivity contribution in [2.75, 3.05) is 13.7 Å². The number of esters is 1. The molecule has 0 spiro atoms. The fourth-order valence-electron chi connectivity index (χ4n) is 4.75. The predicted octanol–water partition coefficient (Wildman–Crippen LogP) is 2.98. The van der Waals surface area contributed by atoms with Crippen molar-refractivity contribution in [2.45, 2.75) is 50.0 Å². The second kappa shape index (κ2) is 9.06. The van der Waals surface area contributed by atoms with Crippen molar-refractivity contribution in [3.63, 3.8) is 0 Å². The van der Waals surface area contributed by atoms with Crippen molar-refractivity contribution in [3.8, 4) is 23.3 Å². The number of methoxy groups -OCH3 is 1. The van der Waals surface area contributed by atoms with Gasteiger partial charge in [-0.3, -0.25) is 4.79 Å². The van der Waals surface area contributed by atoms with E-state index in [9.17, 15) is 9.90 Å². The molecule has 2 aliphatic heterocycles. The zero-order valence-corrected chi connectivity index (χ0v) is 18.4. The van der Waals surface area contributed by atoms with Crippen LogP contribution in [0.4, 0.5) is 0 Å². The highest BCUT2D eigenvalue weighted by atomic mass is 16.9. The molecule has 1 N–H and O–H groups in total. The molecule has 7 nitrogen and oxygen atoms in total. The molecule has 5 atom stereocenters. The summed E-state index contributed by atoms with van der Waals surface area (Å²) in [6, 6.07) is 14.8. The number of hydrogen-bond acceptors (Lipinski definition) is 7. The number of benzene rings is 2. The topological polar surface area (TPSA) is 83.5 Å². The summed E-state index contributed by atoms with van der Waals surface area (Å²) >= 11 is 0. The Morgan fingerprint density at radius 3 is 2.70 bits per heavy atom. The minimum absolute atomic E-state index is 0.00925. The lowest BCUT2D eigenvalue weighted by atomic mass is 9.82. The highest BCUT2D eigenvalue weighted by Crippen LogP contribution is 2.49. The van der Waals surface area contributed by atoms with E-state index in [0.717, 1.165) is 18.4 Å². The van der Waals surface area contributed by atoms with Crippen LogP contribution < -0.4 is 4.74 Å². The van der Waals surface area contributed by atoms with Crippen LogP contribution in [0.3, 0.4) is 0 Å². The fraction of sp³-hybridized carbons (Fsp3) is 0.423. The number of phenols is 1. The molecule has 0 unspecified atom stereocenters. The number of phenolic OH excluding ortho intramolecular Hbond substituents is 1. The standard InChI is InChI=1S/C26H26O7/c1-29-23-14-18(9-10-20(23)27)15-24(28)30-13-5-8-19-21-11-12-22-25(19)33-26(31-21,32-22)16-17-6-3-2-4-7-17/h2-4,6-7,9-10,14,19,21-22,25,27H,11-13,15-16H2,1H3/t19-,21-,22-,25+,26+/m0/s1. The Labute approximate surface area is 192 Å². The minimum atomic E-state index is -1.03. The van der Waals surface area contributed by atoms with Gasteiger partial charge in [0, 0.05) is 0 Å². The van der Waals surface area contributed by atoms with Gasteiger partial charge in [0.25, 0.3) is 5.97 Å². The first-order chi connectivity index (χ1) is 16.0. The van der Waals surface area contributed by atoms with Crippen LogP contribution in [-0.4, -0.2) is 49.1 Å². The number of ether oxygens (including phenoxy) is 5. The van der Waals surface area contributed by atoms with Crippen molar-refractivity contribution in [1.29, 1.82) is 0 Å². The fourth-order valence-corrected chi connectivity index (χ4v) is 4.75. The lowest BCUT2D eigenvalue weighted by molar-refractivity contribution is -0.377. The molecule has 1 aliphatic carbocycles. The molecular formula is C26H26O7. The first-order valence-corrected chi connectivity index (χ1v) is 11.1. The average molecular weight is 450 g/mol. The summed E-state index contributed by atoms with van der Waals surface area (Å²) in [5.74, 6) is 4.94. The number of carbonyl (C=O) groups excluding carboxylic acids is 1. The van der Waals surface area contributed by atoms with Crippen LogP contribution in [0.1, 0.15) is 24.0 Å². The summed E-state index contributed by atoms with van der Waals surface area (Å²) in [7, 11) is 1.46. The van der Waals surface area contributed by atoms with E-state index in [0.29, 0.717) is 17.7 Å². The third-order valence-electron chi connectivity index (χ3n) is 6.26. The highest BCUT2D eigenvalue weighted by Gasteiger charge is 2.61. The van der Waals surface area contributed by atoms with Gasteiger partial charge in [-0.2, -0.15) is 0 Å². The summed E-state index contributed by atoms with van der Waals surface area (Å²) in [6.07, 6.45) is 2.10. The normalized spacial score (nSPS) is 29.2. The van der Waals surface area contributed by atoms with Gasteiger partial charge in [0.05, 0.1) is 38.1 Å². The summed E-state index contributed by atoms with van der Waals surface area (Å²) in [6.45, 7) is -0.00925. The average Bonchev–Trinajstić information content (AvgIpc) is 3.00. The smallest absolute Gasteiger partial charge is 0.311 e. The third-order valence-corrected chi connectivity index (χ3v) is 6.26. The highest BCUT2D eigenvalue weighted by molar-refractivity contribution is 5.73. The lowest BCUT2D eigenvalue weighted by Crippen LogP contribution is -2.51. The van der Waals surface area contributed by atoms with E-state index in [1.54, 1.807) is 12.1 Å². The molecule has 2 aromatic carbocycles. The van der Waals surface area contributed by atoms with Crippen molar-refractivity contribution >= 4 is 5.97 Å². The van der Waals surface area contributed by atoms with Gasteiger partial charge in [-0.05, 0) is 36.1 Å². The van der Waals surface area contributed by atoms with E-state index in [1.807, 2.05) is 30.3 Å². The molecule has 3 aliphatic rings. The molecule has 0 aromatic heterocycles. The maximum Gasteiger partial charge on any atom is 0.311 e. The van der Waals surface area contributed by atoms with Crippen molar-refractivity contribution in [2.24, 2.45) is 5.92 Å². The second-order valence-electron chi connectivity index (χ2n) is 8.51. The van der Waals surface area contributed by atoms with E-state index in [1.165, 1.54) is 13.2 Å². The SMILES string of the molecule is COc1cc(CC(=O)OCC#C[C@@H]2[C@H]3O[C@]4(Cc5ccccc5)O[C@H]2CC[C@@H]3O4)ccc1O. The van der Waals surface area contributed by atoms with Crippen LogP contribution in [-0.2, 0) is 36.6 Å². The Morgan fingerprint density at radius 1 is 1.09 bits per heavy atom. The van der Waals surface area contributed by atoms with Gasteiger partial charge in [0.1, 0.15) is 6.10 Å². The van der Waals surface area contributed by atoms with Crippen LogP contribution in [0, 0.1) is 17.8 Å². The molecule has 7 heteroatoms. The van der Waals surface area contributed by atoms with Gasteiger partial charge in [0.15, 0.2) is 18.1 Å². The molecule has 33 heavy (non-hydrogen) atoms. The minimum Gasteiger partial charge on any atom is -0.504 e. The van der Waals surface area contributed by atoms with Gasteiger partial charge in [-0.1, -0.05) is 48.2 Å². The molecule has 5 rings (SSSR count). The second-order valence-corrected chi connectivity index (χ2v) is 8.51. The van der Waals surface area contributed by atoms with E-state index in [2.05, 4.69) is 11.8 Å². The predicted molar refractivity (Wildman–Crippen MR) is 117 cm³/mol. The summed E-state index contributed by atoms with van der Waals surface area (Å²) < 4.78 is 29.1. The molecule has 3 fully saturated rings. The monoisotopic (exact) mass is 450 g/mol. The third kappa shape index (κ3) is 4.55. The van der Waals surface area contributed by atoms with E-state index >= 15 is 0 Å². The van der Waals surface area contributed by atoms with Crippen LogP contribution in [0.15, 0.2) is 48.5 Å². The van der Waals surface area contributed by atoms with E-state index in [-0.39, 0.29) is 43.0 Å². The van der Waals surface area contributed by atoms with Gasteiger partial charge in [-0.15, -0.1) is 0 Å². The Bertz CT molecular complexity index is 1070. The molecule has 3 bridgehead atoms. The Morgan fingerprint density at radius 2 is 1.88 bits per heavy atom. The molecular weight excluding hydrogens is 424 g/mol. The summed E-state index contributed by atoms with van der Waals surface area (Å²) in [5.41, 5.74) is 1.78. The molecule has 172 valence electrons. The zero-order valence-electron chi connectivity index (χ0n) is 18.4. The maximum atomic E-state index is 12.2. The molecule has 1 saturated carbocycles. The first kappa shape index (κ1) is 21.8. The Hall–Kier alpha value is -3.05. The number of hydrogen-bond donors (Lipinski definition) is 1. The Kier molecular flexibility index (Phi) is 5.98. The van der Waals surface area contributed by atoms with Gasteiger partial charge in [-0.25, -0.2) is 0 Å². The molecule has 2 heterocycles. The number of rotatable bonds is 6. The van der Waals surface area contributed by atoms with Crippen LogP contribution >= 0.6 is 0 Å². The zero-order chi connectivity index (χ0) is 22.8. The van der Waals surface area contributed by atoms with Crippen LogP contribution in [0.5, 0.6) is 11.5 Å². The number of fused-ring (bicyclic) bond motifs is 2. The van der Waals surface area contributed by atoms with E-state index < -0.39 is 11.9 Å².